The number of rotatable bonds is 5. The lowest BCUT2D eigenvalue weighted by molar-refractivity contribution is -0.131. The molecule has 0 saturated carbocycles. The molecule has 1 aromatic carbocycles. The minimum absolute atomic E-state index is 0.0614. The first-order valence-electron chi connectivity index (χ1n) is 5.06. The third-order valence-corrected chi connectivity index (χ3v) is 2.99. The topological polar surface area (TPSA) is 87.0 Å². The van der Waals surface area contributed by atoms with Crippen molar-refractivity contribution < 1.29 is 24.9 Å². The van der Waals surface area contributed by atoms with Crippen LogP contribution in [0.1, 0.15) is 11.7 Å². The molecule has 0 spiro atoms. The predicted octanol–water partition coefficient (Wildman–Crippen LogP) is 1.69. The number of carboxylic acid groups (broad SMARTS) is 1. The summed E-state index contributed by atoms with van der Waals surface area (Å²) in [5.74, 6) is -1.19. The molecule has 3 N–H and O–H groups in total. The van der Waals surface area contributed by atoms with Gasteiger partial charge in [-0.3, -0.25) is 0 Å². The van der Waals surface area contributed by atoms with Crippen LogP contribution in [0.2, 0.25) is 0 Å². The Morgan fingerprint density at radius 3 is 2.72 bits per heavy atom. The van der Waals surface area contributed by atoms with Crippen molar-refractivity contribution in [2.45, 2.75) is 12.2 Å². The Balaban J connectivity index is 2.99. The molecule has 0 unspecified atom stereocenters. The molecule has 0 amide bonds. The number of phenols is 1. The fourth-order valence-corrected chi connectivity index (χ4v) is 1.94. The van der Waals surface area contributed by atoms with Gasteiger partial charge in [0.05, 0.1) is 0 Å². The minimum atomic E-state index is -1.14. The normalized spacial score (nSPS) is 14.6. The number of aromatic hydroxyl groups is 1. The van der Waals surface area contributed by atoms with Gasteiger partial charge in [0.15, 0.2) is 0 Å². The van der Waals surface area contributed by atoms with E-state index in [-0.39, 0.29) is 5.75 Å². The second kappa shape index (κ2) is 6.72. The van der Waals surface area contributed by atoms with E-state index in [1.807, 2.05) is 22.6 Å². The highest BCUT2D eigenvalue weighted by Crippen LogP contribution is 2.29. The number of carboxylic acids is 1. The van der Waals surface area contributed by atoms with E-state index in [9.17, 15) is 15.0 Å². The highest BCUT2D eigenvalue weighted by molar-refractivity contribution is 14.1. The van der Waals surface area contributed by atoms with Crippen LogP contribution in [0.5, 0.6) is 5.75 Å². The van der Waals surface area contributed by atoms with Crippen LogP contribution in [0, 0.1) is 3.57 Å². The molecule has 5 nitrogen and oxygen atoms in total. The summed E-state index contributed by atoms with van der Waals surface area (Å²) in [7, 11) is 1.35. The van der Waals surface area contributed by atoms with Crippen molar-refractivity contribution in [2.24, 2.45) is 0 Å². The third kappa shape index (κ3) is 3.97. The van der Waals surface area contributed by atoms with Gasteiger partial charge in [-0.15, -0.1) is 0 Å². The average molecular weight is 364 g/mol. The van der Waals surface area contributed by atoms with Crippen LogP contribution in [-0.2, 0) is 9.53 Å². The molecule has 2 atom stereocenters. The number of methoxy groups -OCH3 is 1. The maximum absolute atomic E-state index is 10.4. The van der Waals surface area contributed by atoms with E-state index in [1.165, 1.54) is 19.3 Å². The molecule has 98 valence electrons. The molecule has 0 fully saturated rings. The lowest BCUT2D eigenvalue weighted by Crippen LogP contribution is -2.19. The van der Waals surface area contributed by atoms with Crippen LogP contribution < -0.4 is 0 Å². The molecule has 0 aliphatic heterocycles. The van der Waals surface area contributed by atoms with Gasteiger partial charge in [-0.25, -0.2) is 4.79 Å². The molecular formula is C12H13IO5. The van der Waals surface area contributed by atoms with E-state index in [0.717, 1.165) is 9.65 Å². The molecule has 18 heavy (non-hydrogen) atoms. The Morgan fingerprint density at radius 2 is 2.17 bits per heavy atom. The van der Waals surface area contributed by atoms with E-state index >= 15 is 0 Å². The second-order valence-electron chi connectivity index (χ2n) is 3.55. The van der Waals surface area contributed by atoms with Gasteiger partial charge in [0.25, 0.3) is 0 Å². The van der Waals surface area contributed by atoms with E-state index in [2.05, 4.69) is 0 Å². The first-order chi connectivity index (χ1) is 8.45. The lowest BCUT2D eigenvalue weighted by Gasteiger charge is -2.19. The van der Waals surface area contributed by atoms with Gasteiger partial charge in [0.1, 0.15) is 18.0 Å². The number of hydrogen-bond acceptors (Lipinski definition) is 4. The predicted molar refractivity (Wildman–Crippen MR) is 73.4 cm³/mol. The van der Waals surface area contributed by atoms with Crippen molar-refractivity contribution in [1.29, 1.82) is 0 Å². The molecule has 0 bridgehead atoms. The monoisotopic (exact) mass is 364 g/mol. The fourth-order valence-electron chi connectivity index (χ4n) is 1.43. The Labute approximate surface area is 118 Å². The van der Waals surface area contributed by atoms with Crippen molar-refractivity contribution in [3.05, 3.63) is 39.5 Å². The summed E-state index contributed by atoms with van der Waals surface area (Å²) in [6.45, 7) is 0. The van der Waals surface area contributed by atoms with E-state index in [1.54, 1.807) is 12.1 Å². The number of benzene rings is 1. The summed E-state index contributed by atoms with van der Waals surface area (Å²) in [5.41, 5.74) is 0.295. The van der Waals surface area contributed by atoms with Crippen LogP contribution in [0.4, 0.5) is 0 Å². The van der Waals surface area contributed by atoms with Crippen LogP contribution in [0.15, 0.2) is 30.4 Å². The van der Waals surface area contributed by atoms with Gasteiger partial charge >= 0.3 is 5.97 Å². The Kier molecular flexibility index (Phi) is 5.57. The van der Waals surface area contributed by atoms with Crippen molar-refractivity contribution in [3.63, 3.8) is 0 Å². The molecule has 0 aliphatic carbocycles. The molecule has 0 saturated heterocycles. The highest BCUT2D eigenvalue weighted by atomic mass is 127. The fraction of sp³-hybridized carbons (Fsp3) is 0.250. The third-order valence-electron chi connectivity index (χ3n) is 2.32. The van der Waals surface area contributed by atoms with Gasteiger partial charge in [0, 0.05) is 22.3 Å². The molecule has 6 heteroatoms. The number of halogens is 1. The highest BCUT2D eigenvalue weighted by Gasteiger charge is 2.21. The van der Waals surface area contributed by atoms with Gasteiger partial charge in [-0.05, 0) is 46.9 Å². The van der Waals surface area contributed by atoms with Gasteiger partial charge < -0.3 is 20.1 Å². The summed E-state index contributed by atoms with van der Waals surface area (Å²) >= 11 is 2.05. The standard InChI is InChI=1S/C12H13IO5/c1-18-10(4-5-11(15)16)12(17)8-6-7(13)2-3-9(8)14/h2-6,10,12,14,17H,1H3,(H,15,16)/b5-4+/t10-,12-/m1/s1. The zero-order chi connectivity index (χ0) is 13.7. The van der Waals surface area contributed by atoms with Gasteiger partial charge in [-0.1, -0.05) is 0 Å². The molecule has 0 heterocycles. The second-order valence-corrected chi connectivity index (χ2v) is 4.79. The Hall–Kier alpha value is -1.12. The van der Waals surface area contributed by atoms with Crippen LogP contribution in [0.3, 0.4) is 0 Å². The number of aliphatic carboxylic acids is 1. The Bertz CT molecular complexity index is 458. The number of hydrogen-bond donors (Lipinski definition) is 3. The van der Waals surface area contributed by atoms with Crippen LogP contribution >= 0.6 is 22.6 Å². The van der Waals surface area contributed by atoms with Crippen molar-refractivity contribution in [2.75, 3.05) is 7.11 Å². The quantitative estimate of drug-likeness (QED) is 0.547. The smallest absolute Gasteiger partial charge is 0.328 e. The number of ether oxygens (including phenoxy) is 1. The molecule has 1 aromatic rings. The maximum Gasteiger partial charge on any atom is 0.328 e. The zero-order valence-corrected chi connectivity index (χ0v) is 11.7. The number of phenolic OH excluding ortho intramolecular Hbond substituents is 1. The zero-order valence-electron chi connectivity index (χ0n) is 9.58. The summed E-state index contributed by atoms with van der Waals surface area (Å²) in [5, 5.41) is 28.3. The lowest BCUT2D eigenvalue weighted by atomic mass is 10.0. The first kappa shape index (κ1) is 14.9. The molecule has 0 aromatic heterocycles. The molecule has 1 rings (SSSR count). The van der Waals surface area contributed by atoms with Crippen LogP contribution in [-0.4, -0.2) is 34.5 Å². The largest absolute Gasteiger partial charge is 0.508 e. The minimum Gasteiger partial charge on any atom is -0.508 e. The average Bonchev–Trinajstić information content (AvgIpc) is 2.32. The maximum atomic E-state index is 10.4. The summed E-state index contributed by atoms with van der Waals surface area (Å²) in [4.78, 5) is 10.4. The van der Waals surface area contributed by atoms with E-state index in [4.69, 9.17) is 9.84 Å². The number of aliphatic hydroxyl groups is 1. The number of carbonyl (C=O) groups is 1. The van der Waals surface area contributed by atoms with Gasteiger partial charge in [-0.2, -0.15) is 0 Å². The first-order valence-corrected chi connectivity index (χ1v) is 6.14. The summed E-state index contributed by atoms with van der Waals surface area (Å²) < 4.78 is 5.84. The summed E-state index contributed by atoms with van der Waals surface area (Å²) in [6, 6.07) is 4.77. The van der Waals surface area contributed by atoms with Crippen LogP contribution in [0.25, 0.3) is 0 Å². The molecule has 0 radical (unpaired) electrons. The summed E-state index contributed by atoms with van der Waals surface area (Å²) in [6.07, 6.45) is 0.139. The van der Waals surface area contributed by atoms with Crippen molar-refractivity contribution >= 4 is 28.6 Å². The molecule has 0 aliphatic rings. The number of aliphatic hydroxyl groups excluding tert-OH is 1. The van der Waals surface area contributed by atoms with Gasteiger partial charge in [0.2, 0.25) is 0 Å². The van der Waals surface area contributed by atoms with E-state index < -0.39 is 18.2 Å². The SMILES string of the molecule is CO[C@H](/C=C/C(=O)O)[C@H](O)c1cc(I)ccc1O. The van der Waals surface area contributed by atoms with Crippen molar-refractivity contribution in [3.8, 4) is 5.75 Å². The van der Waals surface area contributed by atoms with E-state index in [0.29, 0.717) is 5.56 Å². The Morgan fingerprint density at radius 1 is 1.50 bits per heavy atom. The van der Waals surface area contributed by atoms with Crippen molar-refractivity contribution in [1.82, 2.24) is 0 Å². The molecular weight excluding hydrogens is 351 g/mol.